The second-order valence-corrected chi connectivity index (χ2v) is 4.73. The lowest BCUT2D eigenvalue weighted by atomic mass is 10.1. The van der Waals surface area contributed by atoms with Gasteiger partial charge in [0.1, 0.15) is 0 Å². The summed E-state index contributed by atoms with van der Waals surface area (Å²) >= 11 is 6.33. The number of para-hydroxylation sites is 1. The third kappa shape index (κ3) is 2.50. The van der Waals surface area contributed by atoms with E-state index in [2.05, 4.69) is 16.3 Å². The Kier molecular flexibility index (Phi) is 4.08. The zero-order valence-corrected chi connectivity index (χ0v) is 10.6. The number of benzene rings is 1. The smallest absolute Gasteiger partial charge is 0.0642 e. The molecule has 0 bridgehead atoms. The van der Waals surface area contributed by atoms with Crippen molar-refractivity contribution in [3.05, 3.63) is 28.8 Å². The molecule has 3 heteroatoms. The van der Waals surface area contributed by atoms with Crippen LogP contribution in [0.4, 0.5) is 5.69 Å². The molecular formula is C13H19ClN2. The number of halogens is 1. The average molecular weight is 239 g/mol. The van der Waals surface area contributed by atoms with Crippen molar-refractivity contribution in [3.8, 4) is 0 Å². The minimum atomic E-state index is 0.881. The summed E-state index contributed by atoms with van der Waals surface area (Å²) < 4.78 is 0. The number of nitrogens with one attached hydrogen (secondary N) is 1. The Morgan fingerprint density at radius 1 is 1.25 bits per heavy atom. The van der Waals surface area contributed by atoms with Gasteiger partial charge in [0, 0.05) is 19.6 Å². The second-order valence-electron chi connectivity index (χ2n) is 4.33. The van der Waals surface area contributed by atoms with E-state index in [0.717, 1.165) is 24.7 Å². The number of hydrogen-bond acceptors (Lipinski definition) is 2. The Balaban J connectivity index is 2.28. The van der Waals surface area contributed by atoms with Crippen LogP contribution in [0.5, 0.6) is 0 Å². The van der Waals surface area contributed by atoms with Crippen LogP contribution in [-0.4, -0.2) is 20.1 Å². The van der Waals surface area contributed by atoms with Crippen molar-refractivity contribution in [2.75, 3.05) is 25.0 Å². The molecule has 0 atom stereocenters. The summed E-state index contributed by atoms with van der Waals surface area (Å²) in [5, 5.41) is 4.09. The van der Waals surface area contributed by atoms with Gasteiger partial charge in [-0.2, -0.15) is 0 Å². The van der Waals surface area contributed by atoms with Crippen molar-refractivity contribution in [2.45, 2.75) is 25.8 Å². The van der Waals surface area contributed by atoms with Crippen molar-refractivity contribution < 1.29 is 0 Å². The fourth-order valence-electron chi connectivity index (χ4n) is 2.36. The summed E-state index contributed by atoms with van der Waals surface area (Å²) in [6.45, 7) is 3.16. The first-order chi connectivity index (χ1) is 7.83. The fraction of sp³-hybridized carbons (Fsp3) is 0.538. The van der Waals surface area contributed by atoms with E-state index < -0.39 is 0 Å². The van der Waals surface area contributed by atoms with Gasteiger partial charge in [-0.05, 0) is 37.9 Å². The Morgan fingerprint density at radius 3 is 2.69 bits per heavy atom. The highest BCUT2D eigenvalue weighted by Gasteiger charge is 2.16. The maximum atomic E-state index is 6.33. The summed E-state index contributed by atoms with van der Waals surface area (Å²) in [6, 6.07) is 6.18. The average Bonchev–Trinajstić information content (AvgIpc) is 2.31. The number of anilines is 1. The minimum Gasteiger partial charge on any atom is -0.370 e. The van der Waals surface area contributed by atoms with Crippen molar-refractivity contribution in [3.63, 3.8) is 0 Å². The molecule has 0 radical (unpaired) electrons. The molecule has 16 heavy (non-hydrogen) atoms. The van der Waals surface area contributed by atoms with Crippen molar-refractivity contribution in [2.24, 2.45) is 0 Å². The van der Waals surface area contributed by atoms with Crippen LogP contribution in [0.3, 0.4) is 0 Å². The first kappa shape index (κ1) is 11.7. The Bertz CT molecular complexity index is 346. The Hall–Kier alpha value is -0.730. The molecule has 1 aromatic carbocycles. The number of hydrogen-bond donors (Lipinski definition) is 1. The number of rotatable bonds is 3. The van der Waals surface area contributed by atoms with Crippen LogP contribution in [0.1, 0.15) is 24.8 Å². The maximum absolute atomic E-state index is 6.33. The van der Waals surface area contributed by atoms with Crippen LogP contribution in [-0.2, 0) is 6.54 Å². The van der Waals surface area contributed by atoms with Gasteiger partial charge in [0.05, 0.1) is 10.7 Å². The molecule has 88 valence electrons. The summed E-state index contributed by atoms with van der Waals surface area (Å²) in [6.07, 6.45) is 3.91. The van der Waals surface area contributed by atoms with Gasteiger partial charge >= 0.3 is 0 Å². The molecule has 2 rings (SSSR count). The summed E-state index contributed by atoms with van der Waals surface area (Å²) in [4.78, 5) is 2.43. The molecule has 1 fully saturated rings. The van der Waals surface area contributed by atoms with Gasteiger partial charge in [0.2, 0.25) is 0 Å². The molecule has 1 aliphatic heterocycles. The first-order valence-corrected chi connectivity index (χ1v) is 6.37. The molecule has 0 aromatic heterocycles. The third-order valence-corrected chi connectivity index (χ3v) is 3.41. The highest BCUT2D eigenvalue weighted by atomic mass is 35.5. The molecule has 0 saturated carbocycles. The van der Waals surface area contributed by atoms with E-state index in [1.165, 1.54) is 30.5 Å². The van der Waals surface area contributed by atoms with Crippen LogP contribution in [0.15, 0.2) is 18.2 Å². The van der Waals surface area contributed by atoms with Crippen LogP contribution >= 0.6 is 11.6 Å². The van der Waals surface area contributed by atoms with E-state index in [1.807, 2.05) is 19.2 Å². The maximum Gasteiger partial charge on any atom is 0.0642 e. The van der Waals surface area contributed by atoms with E-state index >= 15 is 0 Å². The first-order valence-electron chi connectivity index (χ1n) is 6.00. The van der Waals surface area contributed by atoms with E-state index in [9.17, 15) is 0 Å². The molecule has 0 spiro atoms. The molecule has 1 heterocycles. The zero-order chi connectivity index (χ0) is 11.4. The molecule has 1 saturated heterocycles. The van der Waals surface area contributed by atoms with Gasteiger partial charge in [-0.1, -0.05) is 23.7 Å². The minimum absolute atomic E-state index is 0.881. The lowest BCUT2D eigenvalue weighted by molar-refractivity contribution is 0.575. The molecule has 1 N–H and O–H groups in total. The van der Waals surface area contributed by atoms with Crippen LogP contribution in [0, 0.1) is 0 Å². The van der Waals surface area contributed by atoms with Gasteiger partial charge in [-0.25, -0.2) is 0 Å². The normalized spacial score (nSPS) is 16.5. The highest BCUT2D eigenvalue weighted by Crippen LogP contribution is 2.31. The van der Waals surface area contributed by atoms with Gasteiger partial charge < -0.3 is 10.2 Å². The quantitative estimate of drug-likeness (QED) is 0.871. The molecule has 0 unspecified atom stereocenters. The molecule has 0 amide bonds. The topological polar surface area (TPSA) is 15.3 Å². The predicted octanol–water partition coefficient (Wildman–Crippen LogP) is 3.05. The predicted molar refractivity (Wildman–Crippen MR) is 70.3 cm³/mol. The van der Waals surface area contributed by atoms with Gasteiger partial charge in [-0.3, -0.25) is 0 Å². The highest BCUT2D eigenvalue weighted by molar-refractivity contribution is 6.33. The van der Waals surface area contributed by atoms with Gasteiger partial charge in [-0.15, -0.1) is 0 Å². The molecule has 1 aliphatic rings. The van der Waals surface area contributed by atoms with Crippen LogP contribution in [0.25, 0.3) is 0 Å². The largest absolute Gasteiger partial charge is 0.370 e. The third-order valence-electron chi connectivity index (χ3n) is 3.11. The number of nitrogens with zero attached hydrogens (tertiary/aromatic N) is 1. The van der Waals surface area contributed by atoms with Crippen LogP contribution < -0.4 is 10.2 Å². The van der Waals surface area contributed by atoms with Gasteiger partial charge in [0.25, 0.3) is 0 Å². The Morgan fingerprint density at radius 2 is 2.00 bits per heavy atom. The fourth-order valence-corrected chi connectivity index (χ4v) is 2.68. The van der Waals surface area contributed by atoms with Crippen molar-refractivity contribution in [1.29, 1.82) is 0 Å². The van der Waals surface area contributed by atoms with E-state index in [1.54, 1.807) is 0 Å². The van der Waals surface area contributed by atoms with Gasteiger partial charge in [0.15, 0.2) is 0 Å². The van der Waals surface area contributed by atoms with E-state index in [0.29, 0.717) is 0 Å². The van der Waals surface area contributed by atoms with Crippen molar-refractivity contribution >= 4 is 17.3 Å². The summed E-state index contributed by atoms with van der Waals surface area (Å²) in [7, 11) is 1.97. The monoisotopic (exact) mass is 238 g/mol. The molecular weight excluding hydrogens is 220 g/mol. The summed E-state index contributed by atoms with van der Waals surface area (Å²) in [5.41, 5.74) is 2.54. The zero-order valence-electron chi connectivity index (χ0n) is 9.80. The van der Waals surface area contributed by atoms with E-state index in [-0.39, 0.29) is 0 Å². The number of piperidine rings is 1. The SMILES string of the molecule is CNCc1cccc(Cl)c1N1CCCCC1. The Labute approximate surface area is 103 Å². The second kappa shape index (κ2) is 5.55. The summed E-state index contributed by atoms with van der Waals surface area (Å²) in [5.74, 6) is 0. The van der Waals surface area contributed by atoms with E-state index in [4.69, 9.17) is 11.6 Å². The van der Waals surface area contributed by atoms with Crippen molar-refractivity contribution in [1.82, 2.24) is 5.32 Å². The standard InChI is InChI=1S/C13H19ClN2/c1-15-10-11-6-5-7-12(14)13(11)16-8-3-2-4-9-16/h5-7,15H,2-4,8-10H2,1H3. The molecule has 0 aliphatic carbocycles. The molecule has 2 nitrogen and oxygen atoms in total. The molecule has 1 aromatic rings. The van der Waals surface area contributed by atoms with Crippen LogP contribution in [0.2, 0.25) is 5.02 Å². The lowest BCUT2D eigenvalue weighted by Crippen LogP contribution is -2.31. The lowest BCUT2D eigenvalue weighted by Gasteiger charge is -2.31.